The van der Waals surface area contributed by atoms with Crippen LogP contribution in [0, 0.1) is 5.41 Å². The zero-order valence-electron chi connectivity index (χ0n) is 21.7. The molecule has 0 atom stereocenters. The minimum Gasteiger partial charge on any atom is -0.461 e. The molecule has 3 N–H and O–H groups in total. The Balaban J connectivity index is 1.32. The highest BCUT2D eigenvalue weighted by Gasteiger charge is 2.29. The smallest absolute Gasteiger partial charge is 0.341 e. The van der Waals surface area contributed by atoms with E-state index in [4.69, 9.17) is 4.74 Å². The third kappa shape index (κ3) is 5.58. The molecule has 0 radical (unpaired) electrons. The number of esters is 1. The largest absolute Gasteiger partial charge is 0.461 e. The molecular formula is C27H38N4O3S2. The van der Waals surface area contributed by atoms with Crippen molar-refractivity contribution in [3.05, 3.63) is 32.0 Å². The fraction of sp³-hybridized carbons (Fsp3) is 0.630. The summed E-state index contributed by atoms with van der Waals surface area (Å²) in [5, 5.41) is 11.6. The van der Waals surface area contributed by atoms with Gasteiger partial charge in [-0.3, -0.25) is 5.32 Å². The highest BCUT2D eigenvalue weighted by atomic mass is 32.1. The number of carbonyl (C=O) groups excluding carboxylic acids is 2. The van der Waals surface area contributed by atoms with E-state index < -0.39 is 0 Å². The van der Waals surface area contributed by atoms with Crippen molar-refractivity contribution in [2.24, 2.45) is 5.41 Å². The highest BCUT2D eigenvalue weighted by Crippen LogP contribution is 2.40. The average Bonchev–Trinajstić information content (AvgIpc) is 3.57. The Labute approximate surface area is 222 Å². The molecule has 2 aromatic heterocycles. The molecule has 1 saturated heterocycles. The summed E-state index contributed by atoms with van der Waals surface area (Å²) in [6.45, 7) is 11.1. The van der Waals surface area contributed by atoms with Crippen LogP contribution < -0.4 is 20.9 Å². The fourth-order valence-corrected chi connectivity index (χ4v) is 7.94. The van der Waals surface area contributed by atoms with Crippen LogP contribution >= 0.6 is 22.7 Å². The molecule has 196 valence electrons. The van der Waals surface area contributed by atoms with Crippen LogP contribution in [0.25, 0.3) is 0 Å². The first-order valence-electron chi connectivity index (χ1n) is 13.3. The number of hydrogen-bond donors (Lipinski definition) is 3. The molecular weight excluding hydrogens is 492 g/mol. The molecule has 9 heteroatoms. The van der Waals surface area contributed by atoms with Gasteiger partial charge in [0.25, 0.3) is 0 Å². The lowest BCUT2D eigenvalue weighted by molar-refractivity contribution is 0.0367. The standard InChI is InChI=1S/C27H38N4O3S2/c1-27(2,3)16-34-25(32)22-18-8-4-5-9-20(18)35-23(22)30-26(33)29-14-19-17-10-11-28-15-21(17)36-24(19)31-12-6-7-13-31/h28H,4-16H2,1-3H3,(H2,29,30,33). The van der Waals surface area contributed by atoms with E-state index in [-0.39, 0.29) is 17.4 Å². The van der Waals surface area contributed by atoms with Gasteiger partial charge < -0.3 is 20.3 Å². The molecule has 36 heavy (non-hydrogen) atoms. The number of ether oxygens (including phenoxy) is 1. The number of anilines is 2. The quantitative estimate of drug-likeness (QED) is 0.432. The third-order valence-electron chi connectivity index (χ3n) is 7.07. The molecule has 2 aliphatic heterocycles. The lowest BCUT2D eigenvalue weighted by Gasteiger charge is -2.20. The summed E-state index contributed by atoms with van der Waals surface area (Å²) in [5.41, 5.74) is 4.18. The van der Waals surface area contributed by atoms with Crippen molar-refractivity contribution in [1.29, 1.82) is 0 Å². The van der Waals surface area contributed by atoms with E-state index in [2.05, 4.69) is 20.9 Å². The Morgan fingerprint density at radius 1 is 1.00 bits per heavy atom. The van der Waals surface area contributed by atoms with Crippen LogP contribution in [-0.4, -0.2) is 38.2 Å². The van der Waals surface area contributed by atoms with Gasteiger partial charge in [-0.05, 0) is 68.0 Å². The lowest BCUT2D eigenvalue weighted by Crippen LogP contribution is -2.30. The van der Waals surface area contributed by atoms with E-state index in [9.17, 15) is 9.59 Å². The van der Waals surface area contributed by atoms with E-state index in [1.165, 1.54) is 50.1 Å². The summed E-state index contributed by atoms with van der Waals surface area (Å²) >= 11 is 3.41. The molecule has 3 aliphatic rings. The van der Waals surface area contributed by atoms with Crippen molar-refractivity contribution in [1.82, 2.24) is 10.6 Å². The van der Waals surface area contributed by atoms with Crippen molar-refractivity contribution in [2.75, 3.05) is 36.5 Å². The first kappa shape index (κ1) is 25.5. The van der Waals surface area contributed by atoms with Crippen molar-refractivity contribution < 1.29 is 14.3 Å². The van der Waals surface area contributed by atoms with Gasteiger partial charge in [0, 0.05) is 41.5 Å². The van der Waals surface area contributed by atoms with Crippen LogP contribution in [0.1, 0.15) is 83.3 Å². The van der Waals surface area contributed by atoms with Crippen LogP contribution in [0.15, 0.2) is 0 Å². The van der Waals surface area contributed by atoms with Crippen LogP contribution in [-0.2, 0) is 37.1 Å². The van der Waals surface area contributed by atoms with Crippen molar-refractivity contribution >= 4 is 44.7 Å². The summed E-state index contributed by atoms with van der Waals surface area (Å²) in [6, 6.07) is -0.264. The van der Waals surface area contributed by atoms with Gasteiger partial charge in [0.2, 0.25) is 0 Å². The maximum Gasteiger partial charge on any atom is 0.341 e. The Bertz CT molecular complexity index is 1130. The highest BCUT2D eigenvalue weighted by molar-refractivity contribution is 7.17. The second-order valence-electron chi connectivity index (χ2n) is 11.3. The SMILES string of the molecule is CC(C)(C)COC(=O)c1c(NC(=O)NCc2c(N3CCCC3)sc3c2CCNC3)sc2c1CCCC2. The molecule has 0 saturated carbocycles. The van der Waals surface area contributed by atoms with Crippen molar-refractivity contribution in [2.45, 2.75) is 78.8 Å². The van der Waals surface area contributed by atoms with E-state index >= 15 is 0 Å². The van der Waals surface area contributed by atoms with Crippen molar-refractivity contribution in [3.8, 4) is 0 Å². The number of rotatable bonds is 6. The van der Waals surface area contributed by atoms with Gasteiger partial charge in [-0.15, -0.1) is 22.7 Å². The number of nitrogens with zero attached hydrogens (tertiary/aromatic N) is 1. The second-order valence-corrected chi connectivity index (χ2v) is 13.5. The Hall–Kier alpha value is -2.10. The number of thiophene rings is 2. The van der Waals surface area contributed by atoms with Gasteiger partial charge in [-0.1, -0.05) is 20.8 Å². The predicted molar refractivity (Wildman–Crippen MR) is 148 cm³/mol. The van der Waals surface area contributed by atoms with Gasteiger partial charge >= 0.3 is 12.0 Å². The van der Waals surface area contributed by atoms with Crippen LogP contribution in [0.2, 0.25) is 0 Å². The molecule has 1 aliphatic carbocycles. The second kappa shape index (κ2) is 10.7. The van der Waals surface area contributed by atoms with Crippen LogP contribution in [0.4, 0.5) is 14.8 Å². The molecule has 5 rings (SSSR count). The molecule has 2 aromatic rings. The summed E-state index contributed by atoms with van der Waals surface area (Å²) in [4.78, 5) is 31.3. The molecule has 0 unspecified atom stereocenters. The number of nitrogens with one attached hydrogen (secondary N) is 3. The number of carbonyl (C=O) groups is 2. The van der Waals surface area contributed by atoms with Gasteiger partial charge in [-0.2, -0.15) is 0 Å². The maximum atomic E-state index is 13.1. The number of urea groups is 1. The number of amides is 2. The number of hydrogen-bond acceptors (Lipinski definition) is 7. The molecule has 2 amide bonds. The normalized spacial score (nSPS) is 17.5. The molecule has 0 aromatic carbocycles. The number of aryl methyl sites for hydroxylation is 1. The topological polar surface area (TPSA) is 82.7 Å². The van der Waals surface area contributed by atoms with Crippen molar-refractivity contribution in [3.63, 3.8) is 0 Å². The maximum absolute atomic E-state index is 13.1. The minimum absolute atomic E-state index is 0.112. The molecule has 1 fully saturated rings. The first-order chi connectivity index (χ1) is 17.3. The van der Waals surface area contributed by atoms with E-state index in [1.807, 2.05) is 32.1 Å². The van der Waals surface area contributed by atoms with Crippen LogP contribution in [0.3, 0.4) is 0 Å². The van der Waals surface area contributed by atoms with Crippen LogP contribution in [0.5, 0.6) is 0 Å². The summed E-state index contributed by atoms with van der Waals surface area (Å²) in [7, 11) is 0. The molecule has 4 heterocycles. The molecule has 7 nitrogen and oxygen atoms in total. The minimum atomic E-state index is -0.324. The van der Waals surface area contributed by atoms with E-state index in [0.29, 0.717) is 23.7 Å². The van der Waals surface area contributed by atoms with Gasteiger partial charge in [0.05, 0.1) is 17.2 Å². The zero-order valence-corrected chi connectivity index (χ0v) is 23.3. The van der Waals surface area contributed by atoms with E-state index in [1.54, 1.807) is 0 Å². The Kier molecular flexibility index (Phi) is 7.60. The third-order valence-corrected chi connectivity index (χ3v) is 9.62. The summed E-state index contributed by atoms with van der Waals surface area (Å²) < 4.78 is 5.68. The van der Waals surface area contributed by atoms with Gasteiger partial charge in [-0.25, -0.2) is 9.59 Å². The number of fused-ring (bicyclic) bond motifs is 2. The Morgan fingerprint density at radius 3 is 2.56 bits per heavy atom. The summed E-state index contributed by atoms with van der Waals surface area (Å²) in [5.74, 6) is -0.324. The Morgan fingerprint density at radius 2 is 1.78 bits per heavy atom. The van der Waals surface area contributed by atoms with Gasteiger partial charge in [0.1, 0.15) is 5.00 Å². The molecule has 0 spiro atoms. The monoisotopic (exact) mass is 530 g/mol. The van der Waals surface area contributed by atoms with Gasteiger partial charge in [0.15, 0.2) is 0 Å². The zero-order chi connectivity index (χ0) is 25.3. The van der Waals surface area contributed by atoms with E-state index in [0.717, 1.165) is 63.8 Å². The predicted octanol–water partition coefficient (Wildman–Crippen LogP) is 5.46. The average molecular weight is 531 g/mol. The summed E-state index contributed by atoms with van der Waals surface area (Å²) in [6.07, 6.45) is 7.45. The molecule has 0 bridgehead atoms. The fourth-order valence-electron chi connectivity index (χ4n) is 5.28. The first-order valence-corrected chi connectivity index (χ1v) is 14.9. The lowest BCUT2D eigenvalue weighted by atomic mass is 9.95.